The lowest BCUT2D eigenvalue weighted by atomic mass is 9.98. The smallest absolute Gasteiger partial charge is 0.194 e. The summed E-state index contributed by atoms with van der Waals surface area (Å²) >= 11 is 0. The molecule has 2 heteroatoms. The van der Waals surface area contributed by atoms with Gasteiger partial charge in [-0.3, -0.25) is 9.78 Å². The van der Waals surface area contributed by atoms with Crippen LogP contribution in [-0.2, 0) is 0 Å². The van der Waals surface area contributed by atoms with Gasteiger partial charge in [0, 0.05) is 23.0 Å². The first-order valence-corrected chi connectivity index (χ1v) is 6.16. The minimum Gasteiger partial charge on any atom is -0.289 e. The van der Waals surface area contributed by atoms with Crippen LogP contribution in [0.15, 0.2) is 42.6 Å². The van der Waals surface area contributed by atoms with Crippen LogP contribution in [0.1, 0.15) is 46.9 Å². The van der Waals surface area contributed by atoms with Crippen molar-refractivity contribution in [2.45, 2.75) is 26.7 Å². The molecule has 0 amide bonds. The molecule has 1 aromatic heterocycles. The molecule has 2 aromatic rings. The van der Waals surface area contributed by atoms with E-state index in [-0.39, 0.29) is 5.78 Å². The first kappa shape index (κ1) is 12.5. The number of nitrogens with zero attached hydrogens (tertiary/aromatic N) is 1. The van der Waals surface area contributed by atoms with Crippen LogP contribution in [0.2, 0.25) is 0 Å². The maximum Gasteiger partial charge on any atom is 0.194 e. The minimum atomic E-state index is 0.0379. The molecule has 0 unspecified atom stereocenters. The van der Waals surface area contributed by atoms with Crippen LogP contribution in [0.3, 0.4) is 0 Å². The Morgan fingerprint density at radius 1 is 1.11 bits per heavy atom. The van der Waals surface area contributed by atoms with Crippen LogP contribution in [0.5, 0.6) is 0 Å². The molecule has 0 radical (unpaired) electrons. The van der Waals surface area contributed by atoms with E-state index in [4.69, 9.17) is 0 Å². The van der Waals surface area contributed by atoms with Gasteiger partial charge in [-0.1, -0.05) is 38.1 Å². The average molecular weight is 239 g/mol. The maximum absolute atomic E-state index is 12.3. The molecule has 92 valence electrons. The van der Waals surface area contributed by atoms with E-state index in [1.807, 2.05) is 37.3 Å². The molecule has 0 aliphatic rings. The second kappa shape index (κ2) is 5.13. The third kappa shape index (κ3) is 2.48. The summed E-state index contributed by atoms with van der Waals surface area (Å²) in [4.78, 5) is 16.5. The number of carbonyl (C=O) groups is 1. The zero-order valence-corrected chi connectivity index (χ0v) is 11.0. The summed E-state index contributed by atoms with van der Waals surface area (Å²) in [5.41, 5.74) is 3.41. The van der Waals surface area contributed by atoms with E-state index in [2.05, 4.69) is 18.8 Å². The molecule has 2 nitrogen and oxygen atoms in total. The molecule has 2 rings (SSSR count). The van der Waals surface area contributed by atoms with E-state index in [1.165, 1.54) is 5.56 Å². The van der Waals surface area contributed by atoms with Crippen molar-refractivity contribution in [2.24, 2.45) is 0 Å². The van der Waals surface area contributed by atoms with Gasteiger partial charge in [0.1, 0.15) is 0 Å². The number of benzene rings is 1. The van der Waals surface area contributed by atoms with E-state index in [9.17, 15) is 4.79 Å². The summed E-state index contributed by atoms with van der Waals surface area (Å²) in [5, 5.41) is 0. The van der Waals surface area contributed by atoms with Crippen molar-refractivity contribution < 1.29 is 4.79 Å². The number of rotatable bonds is 3. The Balaban J connectivity index is 2.32. The number of aryl methyl sites for hydroxylation is 1. The van der Waals surface area contributed by atoms with Gasteiger partial charge in [-0.25, -0.2) is 0 Å². The van der Waals surface area contributed by atoms with E-state index < -0.39 is 0 Å². The Morgan fingerprint density at radius 3 is 2.33 bits per heavy atom. The van der Waals surface area contributed by atoms with E-state index >= 15 is 0 Å². The summed E-state index contributed by atoms with van der Waals surface area (Å²) in [6.45, 7) is 6.14. The second-order valence-corrected chi connectivity index (χ2v) is 4.74. The van der Waals surface area contributed by atoms with Crippen molar-refractivity contribution in [1.29, 1.82) is 0 Å². The van der Waals surface area contributed by atoms with Crippen molar-refractivity contribution in [3.63, 3.8) is 0 Å². The first-order valence-electron chi connectivity index (χ1n) is 6.16. The summed E-state index contributed by atoms with van der Waals surface area (Å²) in [6, 6.07) is 11.4. The molecule has 0 bridgehead atoms. The Bertz CT molecular complexity index is 556. The number of aromatic nitrogens is 1. The second-order valence-electron chi connectivity index (χ2n) is 4.74. The zero-order valence-electron chi connectivity index (χ0n) is 11.0. The van der Waals surface area contributed by atoms with Crippen LogP contribution in [0.25, 0.3) is 0 Å². The standard InChI is InChI=1S/C16H17NO/c1-11(2)13-6-8-14(9-7-13)16(18)15-5-4-10-17-12(15)3/h4-11H,1-3H3. The Hall–Kier alpha value is -1.96. The molecule has 0 aliphatic carbocycles. The molecule has 0 spiro atoms. The largest absolute Gasteiger partial charge is 0.289 e. The average Bonchev–Trinajstić information content (AvgIpc) is 2.38. The van der Waals surface area contributed by atoms with Crippen LogP contribution in [0, 0.1) is 6.92 Å². The van der Waals surface area contributed by atoms with Crippen LogP contribution in [0.4, 0.5) is 0 Å². The maximum atomic E-state index is 12.3. The number of hydrogen-bond acceptors (Lipinski definition) is 2. The fourth-order valence-corrected chi connectivity index (χ4v) is 1.90. The highest BCUT2D eigenvalue weighted by Gasteiger charge is 2.12. The zero-order chi connectivity index (χ0) is 13.1. The molecule has 1 aromatic carbocycles. The van der Waals surface area contributed by atoms with E-state index in [1.54, 1.807) is 12.3 Å². The lowest BCUT2D eigenvalue weighted by Crippen LogP contribution is -2.05. The van der Waals surface area contributed by atoms with Gasteiger partial charge < -0.3 is 0 Å². The van der Waals surface area contributed by atoms with Gasteiger partial charge in [0.15, 0.2) is 5.78 Å². The molecule has 0 fully saturated rings. The van der Waals surface area contributed by atoms with Crippen LogP contribution in [-0.4, -0.2) is 10.8 Å². The lowest BCUT2D eigenvalue weighted by Gasteiger charge is -2.07. The van der Waals surface area contributed by atoms with Crippen molar-refractivity contribution in [3.8, 4) is 0 Å². The van der Waals surface area contributed by atoms with Crippen LogP contribution < -0.4 is 0 Å². The van der Waals surface area contributed by atoms with Gasteiger partial charge in [-0.05, 0) is 30.5 Å². The minimum absolute atomic E-state index is 0.0379. The third-order valence-corrected chi connectivity index (χ3v) is 3.09. The van der Waals surface area contributed by atoms with Crippen molar-refractivity contribution in [1.82, 2.24) is 4.98 Å². The van der Waals surface area contributed by atoms with Gasteiger partial charge >= 0.3 is 0 Å². The number of pyridine rings is 1. The molecule has 0 N–H and O–H groups in total. The Labute approximate surface area is 108 Å². The van der Waals surface area contributed by atoms with Crippen LogP contribution >= 0.6 is 0 Å². The highest BCUT2D eigenvalue weighted by Crippen LogP contribution is 2.17. The van der Waals surface area contributed by atoms with Crippen molar-refractivity contribution >= 4 is 5.78 Å². The summed E-state index contributed by atoms with van der Waals surface area (Å²) in [7, 11) is 0. The van der Waals surface area contributed by atoms with Gasteiger partial charge in [-0.2, -0.15) is 0 Å². The molecule has 0 saturated carbocycles. The molecule has 0 saturated heterocycles. The SMILES string of the molecule is Cc1ncccc1C(=O)c1ccc(C(C)C)cc1. The quantitative estimate of drug-likeness (QED) is 0.764. The highest BCUT2D eigenvalue weighted by atomic mass is 16.1. The highest BCUT2D eigenvalue weighted by molar-refractivity contribution is 6.09. The fraction of sp³-hybridized carbons (Fsp3) is 0.250. The first-order chi connectivity index (χ1) is 8.59. The molecular formula is C16H17NO. The lowest BCUT2D eigenvalue weighted by molar-refractivity contribution is 0.103. The van der Waals surface area contributed by atoms with Gasteiger partial charge in [0.2, 0.25) is 0 Å². The van der Waals surface area contributed by atoms with Crippen molar-refractivity contribution in [2.75, 3.05) is 0 Å². The number of hydrogen-bond donors (Lipinski definition) is 0. The Kier molecular flexibility index (Phi) is 3.56. The monoisotopic (exact) mass is 239 g/mol. The molecule has 0 aliphatic heterocycles. The predicted octanol–water partition coefficient (Wildman–Crippen LogP) is 3.74. The predicted molar refractivity (Wildman–Crippen MR) is 72.9 cm³/mol. The van der Waals surface area contributed by atoms with E-state index in [0.29, 0.717) is 11.5 Å². The molecule has 1 heterocycles. The summed E-state index contributed by atoms with van der Waals surface area (Å²) < 4.78 is 0. The fourth-order valence-electron chi connectivity index (χ4n) is 1.90. The normalized spacial score (nSPS) is 10.7. The molecule has 0 atom stereocenters. The number of carbonyl (C=O) groups excluding carboxylic acids is 1. The van der Waals surface area contributed by atoms with Gasteiger partial charge in [0.25, 0.3) is 0 Å². The third-order valence-electron chi connectivity index (χ3n) is 3.09. The van der Waals surface area contributed by atoms with Crippen molar-refractivity contribution in [3.05, 3.63) is 65.0 Å². The number of ketones is 1. The summed E-state index contributed by atoms with van der Waals surface area (Å²) in [6.07, 6.45) is 1.70. The summed E-state index contributed by atoms with van der Waals surface area (Å²) in [5.74, 6) is 0.519. The molecular weight excluding hydrogens is 222 g/mol. The van der Waals surface area contributed by atoms with Gasteiger partial charge in [0.05, 0.1) is 0 Å². The topological polar surface area (TPSA) is 30.0 Å². The van der Waals surface area contributed by atoms with E-state index in [0.717, 1.165) is 11.3 Å². The van der Waals surface area contributed by atoms with Gasteiger partial charge in [-0.15, -0.1) is 0 Å². The Morgan fingerprint density at radius 2 is 1.78 bits per heavy atom. The molecule has 18 heavy (non-hydrogen) atoms.